The Kier molecular flexibility index (Phi) is 3.71. The van der Waals surface area contributed by atoms with Crippen LogP contribution in [0, 0.1) is 19.3 Å². The van der Waals surface area contributed by atoms with Crippen molar-refractivity contribution in [2.24, 2.45) is 5.73 Å². The van der Waals surface area contributed by atoms with E-state index in [1.807, 2.05) is 13.8 Å². The molecule has 0 spiro atoms. The molecule has 0 aliphatic rings. The molecule has 0 aliphatic heterocycles. The van der Waals surface area contributed by atoms with Gasteiger partial charge in [0.05, 0.1) is 5.56 Å². The first-order chi connectivity index (χ1) is 8.99. The van der Waals surface area contributed by atoms with Crippen molar-refractivity contribution < 1.29 is 4.74 Å². The molecule has 0 fully saturated rings. The molecule has 1 aromatic heterocycles. The Morgan fingerprint density at radius 1 is 1.26 bits per heavy atom. The van der Waals surface area contributed by atoms with Gasteiger partial charge in [-0.25, -0.2) is 4.98 Å². The first kappa shape index (κ1) is 13.4. The number of rotatable bonds is 3. The molecule has 1 heterocycles. The molecule has 98 valence electrons. The summed E-state index contributed by atoms with van der Waals surface area (Å²) in [6.07, 6.45) is 1.63. The number of nitrogens with zero attached hydrogens (tertiary/aromatic N) is 1. The van der Waals surface area contributed by atoms with Crippen LogP contribution in [0.3, 0.4) is 0 Å². The number of hydrogen-bond acceptors (Lipinski definition) is 3. The highest BCUT2D eigenvalue weighted by molar-refractivity contribution is 6.30. The third-order valence-electron chi connectivity index (χ3n) is 2.74. The van der Waals surface area contributed by atoms with Gasteiger partial charge in [0.15, 0.2) is 0 Å². The number of benzene rings is 1. The molecule has 2 rings (SSSR count). The summed E-state index contributed by atoms with van der Waals surface area (Å²) in [4.78, 5) is 4.14. The SMILES string of the molecule is Cc1cc(Cl)ccc1Oc1nccc(C)c1C(=N)N. The number of pyridine rings is 1. The zero-order valence-electron chi connectivity index (χ0n) is 10.7. The Morgan fingerprint density at radius 2 is 2.00 bits per heavy atom. The van der Waals surface area contributed by atoms with Gasteiger partial charge in [0, 0.05) is 11.2 Å². The average Bonchev–Trinajstić information content (AvgIpc) is 2.32. The fraction of sp³-hybridized carbons (Fsp3) is 0.143. The first-order valence-corrected chi connectivity index (χ1v) is 6.11. The van der Waals surface area contributed by atoms with Crippen molar-refractivity contribution in [2.45, 2.75) is 13.8 Å². The van der Waals surface area contributed by atoms with E-state index in [9.17, 15) is 0 Å². The van der Waals surface area contributed by atoms with Crippen LogP contribution in [-0.4, -0.2) is 10.8 Å². The normalized spacial score (nSPS) is 10.3. The lowest BCUT2D eigenvalue weighted by molar-refractivity contribution is 0.458. The van der Waals surface area contributed by atoms with Gasteiger partial charge in [-0.3, -0.25) is 5.41 Å². The van der Waals surface area contributed by atoms with Crippen molar-refractivity contribution in [3.63, 3.8) is 0 Å². The topological polar surface area (TPSA) is 72.0 Å². The molecule has 0 aliphatic carbocycles. The zero-order chi connectivity index (χ0) is 14.0. The van der Waals surface area contributed by atoms with Crippen molar-refractivity contribution >= 4 is 17.4 Å². The maximum atomic E-state index is 7.61. The van der Waals surface area contributed by atoms with E-state index in [-0.39, 0.29) is 5.84 Å². The fourth-order valence-electron chi connectivity index (χ4n) is 1.77. The number of amidine groups is 1. The summed E-state index contributed by atoms with van der Waals surface area (Å²) in [6.45, 7) is 3.75. The number of nitrogen functional groups attached to an aromatic ring is 1. The second-order valence-electron chi connectivity index (χ2n) is 4.23. The summed E-state index contributed by atoms with van der Waals surface area (Å²) in [5.41, 5.74) is 7.83. The van der Waals surface area contributed by atoms with Crippen molar-refractivity contribution in [1.82, 2.24) is 4.98 Å². The summed E-state index contributed by atoms with van der Waals surface area (Å²) in [5.74, 6) is 0.912. The van der Waals surface area contributed by atoms with Gasteiger partial charge in [0.2, 0.25) is 5.88 Å². The van der Waals surface area contributed by atoms with Crippen LogP contribution in [0.25, 0.3) is 0 Å². The standard InChI is InChI=1S/C14H14ClN3O/c1-8-5-6-18-14(12(8)13(16)17)19-11-4-3-10(15)7-9(11)2/h3-7H,1-2H3,(H3,16,17). The van der Waals surface area contributed by atoms with Gasteiger partial charge >= 0.3 is 0 Å². The molecular formula is C14H14ClN3O. The number of nitrogens with one attached hydrogen (secondary N) is 1. The molecule has 5 heteroatoms. The van der Waals surface area contributed by atoms with Crippen LogP contribution in [0.5, 0.6) is 11.6 Å². The summed E-state index contributed by atoms with van der Waals surface area (Å²) < 4.78 is 5.75. The van der Waals surface area contributed by atoms with Crippen LogP contribution < -0.4 is 10.5 Å². The second-order valence-corrected chi connectivity index (χ2v) is 4.67. The molecule has 0 radical (unpaired) electrons. The largest absolute Gasteiger partial charge is 0.438 e. The predicted octanol–water partition coefficient (Wildman–Crippen LogP) is 3.43. The Balaban J connectivity index is 2.44. The molecular weight excluding hydrogens is 262 g/mol. The Bertz CT molecular complexity index is 641. The smallest absolute Gasteiger partial charge is 0.230 e. The highest BCUT2D eigenvalue weighted by Crippen LogP contribution is 2.29. The lowest BCUT2D eigenvalue weighted by Crippen LogP contribution is -2.15. The van der Waals surface area contributed by atoms with E-state index in [4.69, 9.17) is 27.5 Å². The molecule has 19 heavy (non-hydrogen) atoms. The minimum Gasteiger partial charge on any atom is -0.438 e. The van der Waals surface area contributed by atoms with Crippen LogP contribution in [0.15, 0.2) is 30.5 Å². The summed E-state index contributed by atoms with van der Waals surface area (Å²) >= 11 is 5.90. The fourth-order valence-corrected chi connectivity index (χ4v) is 2.00. The summed E-state index contributed by atoms with van der Waals surface area (Å²) in [5, 5.41) is 8.25. The molecule has 2 aromatic rings. The molecule has 0 unspecified atom stereocenters. The average molecular weight is 276 g/mol. The van der Waals surface area contributed by atoms with Crippen LogP contribution in [0.1, 0.15) is 16.7 Å². The van der Waals surface area contributed by atoms with Gasteiger partial charge < -0.3 is 10.5 Å². The lowest BCUT2D eigenvalue weighted by atomic mass is 10.1. The zero-order valence-corrected chi connectivity index (χ0v) is 11.5. The van der Waals surface area contributed by atoms with E-state index in [1.165, 1.54) is 0 Å². The molecule has 0 saturated carbocycles. The number of ether oxygens (including phenoxy) is 1. The number of hydrogen-bond donors (Lipinski definition) is 2. The predicted molar refractivity (Wildman–Crippen MR) is 76.3 cm³/mol. The highest BCUT2D eigenvalue weighted by Gasteiger charge is 2.13. The minimum atomic E-state index is -0.0628. The highest BCUT2D eigenvalue weighted by atomic mass is 35.5. The second kappa shape index (κ2) is 5.28. The quantitative estimate of drug-likeness (QED) is 0.666. The molecule has 0 atom stereocenters. The Morgan fingerprint density at radius 3 is 2.63 bits per heavy atom. The van der Waals surface area contributed by atoms with Crippen LogP contribution in [0.4, 0.5) is 0 Å². The third-order valence-corrected chi connectivity index (χ3v) is 2.97. The van der Waals surface area contributed by atoms with Crippen LogP contribution in [0.2, 0.25) is 5.02 Å². The molecule has 3 N–H and O–H groups in total. The van der Waals surface area contributed by atoms with Crippen molar-refractivity contribution in [3.8, 4) is 11.6 Å². The molecule has 1 aromatic carbocycles. The van der Waals surface area contributed by atoms with Gasteiger partial charge in [-0.1, -0.05) is 11.6 Å². The van der Waals surface area contributed by atoms with Gasteiger partial charge in [0.1, 0.15) is 11.6 Å². The van der Waals surface area contributed by atoms with E-state index in [0.717, 1.165) is 11.1 Å². The van der Waals surface area contributed by atoms with E-state index >= 15 is 0 Å². The Labute approximate surface area is 116 Å². The third kappa shape index (κ3) is 2.85. The van der Waals surface area contributed by atoms with Crippen molar-refractivity contribution in [2.75, 3.05) is 0 Å². The summed E-state index contributed by atoms with van der Waals surface area (Å²) in [7, 11) is 0. The maximum Gasteiger partial charge on any atom is 0.230 e. The van der Waals surface area contributed by atoms with Gasteiger partial charge in [0.25, 0.3) is 0 Å². The molecule has 0 bridgehead atoms. The maximum absolute atomic E-state index is 7.61. The summed E-state index contributed by atoms with van der Waals surface area (Å²) in [6, 6.07) is 7.11. The number of nitrogens with two attached hydrogens (primary N) is 1. The van der Waals surface area contributed by atoms with Gasteiger partial charge in [-0.2, -0.15) is 0 Å². The molecule has 0 saturated heterocycles. The first-order valence-electron chi connectivity index (χ1n) is 5.73. The van der Waals surface area contributed by atoms with Crippen LogP contribution in [-0.2, 0) is 0 Å². The van der Waals surface area contributed by atoms with E-state index < -0.39 is 0 Å². The van der Waals surface area contributed by atoms with Gasteiger partial charge in [-0.15, -0.1) is 0 Å². The molecule has 0 amide bonds. The lowest BCUT2D eigenvalue weighted by Gasteiger charge is -2.12. The monoisotopic (exact) mass is 275 g/mol. The van der Waals surface area contributed by atoms with Crippen LogP contribution >= 0.6 is 11.6 Å². The van der Waals surface area contributed by atoms with E-state index in [2.05, 4.69) is 4.98 Å². The van der Waals surface area contributed by atoms with E-state index in [0.29, 0.717) is 22.2 Å². The molecule has 4 nitrogen and oxygen atoms in total. The minimum absolute atomic E-state index is 0.0628. The van der Waals surface area contributed by atoms with Crippen molar-refractivity contribution in [3.05, 3.63) is 52.2 Å². The number of halogens is 1. The van der Waals surface area contributed by atoms with E-state index in [1.54, 1.807) is 30.5 Å². The number of aryl methyl sites for hydroxylation is 2. The van der Waals surface area contributed by atoms with Crippen molar-refractivity contribution in [1.29, 1.82) is 5.41 Å². The Hall–Kier alpha value is -2.07. The number of aromatic nitrogens is 1. The van der Waals surface area contributed by atoms with Gasteiger partial charge in [-0.05, 0) is 49.2 Å².